The number of ketones is 1. The number of hydrogen-bond donors (Lipinski definition) is 0. The fraction of sp³-hybridized carbons (Fsp3) is 0.0952. The van der Waals surface area contributed by atoms with Gasteiger partial charge in [0, 0.05) is 28.3 Å². The van der Waals surface area contributed by atoms with E-state index in [-0.39, 0.29) is 21.5 Å². The lowest BCUT2D eigenvalue weighted by Crippen LogP contribution is -2.16. The van der Waals surface area contributed by atoms with E-state index in [0.717, 1.165) is 5.56 Å². The Bertz CT molecular complexity index is 1040. The zero-order chi connectivity index (χ0) is 20.4. The van der Waals surface area contributed by atoms with Crippen molar-refractivity contribution in [3.8, 4) is 0 Å². The Balaban J connectivity index is 2.21. The number of halogens is 3. The normalized spacial score (nSPS) is 11.9. The Kier molecular flexibility index (Phi) is 6.04. The molecule has 0 fully saturated rings. The average Bonchev–Trinajstić information content (AvgIpc) is 2.64. The number of hydrogen-bond acceptors (Lipinski definition) is 3. The van der Waals surface area contributed by atoms with E-state index in [9.17, 15) is 14.9 Å². The zero-order valence-electron chi connectivity index (χ0n) is 14.7. The summed E-state index contributed by atoms with van der Waals surface area (Å²) in [5.74, 6) is -1.05. The van der Waals surface area contributed by atoms with Crippen LogP contribution in [0.5, 0.6) is 0 Å². The first kappa shape index (κ1) is 20.3. The van der Waals surface area contributed by atoms with Crippen molar-refractivity contribution in [2.24, 2.45) is 0 Å². The Hall–Kier alpha value is -2.40. The number of benzene rings is 3. The number of carbonyl (C=O) groups is 1. The van der Waals surface area contributed by atoms with Crippen LogP contribution in [0, 0.1) is 17.0 Å². The molecular formula is C21H14Cl3NO3. The van der Waals surface area contributed by atoms with Crippen molar-refractivity contribution < 1.29 is 9.72 Å². The third-order valence-corrected chi connectivity index (χ3v) is 5.21. The molecule has 142 valence electrons. The molecule has 0 spiro atoms. The number of nitrogens with zero attached hydrogens (tertiary/aromatic N) is 1. The number of nitro groups is 1. The summed E-state index contributed by atoms with van der Waals surface area (Å²) in [6.07, 6.45) is 0. The minimum absolute atomic E-state index is 0.0630. The highest BCUT2D eigenvalue weighted by Crippen LogP contribution is 2.40. The third-order valence-electron chi connectivity index (χ3n) is 4.33. The van der Waals surface area contributed by atoms with Gasteiger partial charge < -0.3 is 0 Å². The van der Waals surface area contributed by atoms with Gasteiger partial charge >= 0.3 is 0 Å². The van der Waals surface area contributed by atoms with Gasteiger partial charge in [-0.05, 0) is 36.8 Å². The van der Waals surface area contributed by atoms with Crippen LogP contribution < -0.4 is 0 Å². The highest BCUT2D eigenvalue weighted by Gasteiger charge is 2.30. The van der Waals surface area contributed by atoms with Crippen LogP contribution in [-0.4, -0.2) is 10.7 Å². The zero-order valence-corrected chi connectivity index (χ0v) is 16.9. The van der Waals surface area contributed by atoms with E-state index in [2.05, 4.69) is 0 Å². The molecule has 4 nitrogen and oxygen atoms in total. The number of nitro benzene ring substituents is 1. The molecular weight excluding hydrogens is 421 g/mol. The van der Waals surface area contributed by atoms with Crippen LogP contribution in [0.2, 0.25) is 15.1 Å². The van der Waals surface area contributed by atoms with E-state index in [0.29, 0.717) is 21.7 Å². The van der Waals surface area contributed by atoms with Crippen molar-refractivity contribution in [2.75, 3.05) is 0 Å². The van der Waals surface area contributed by atoms with Crippen LogP contribution in [0.3, 0.4) is 0 Å². The Labute approximate surface area is 176 Å². The van der Waals surface area contributed by atoms with Crippen LogP contribution in [0.25, 0.3) is 0 Å². The summed E-state index contributed by atoms with van der Waals surface area (Å²) in [7, 11) is 0. The Morgan fingerprint density at radius 1 is 0.964 bits per heavy atom. The first-order chi connectivity index (χ1) is 13.3. The van der Waals surface area contributed by atoms with Gasteiger partial charge in [-0.2, -0.15) is 0 Å². The van der Waals surface area contributed by atoms with Crippen LogP contribution in [0.1, 0.15) is 33.0 Å². The molecule has 0 radical (unpaired) electrons. The van der Waals surface area contributed by atoms with Gasteiger partial charge in [0.05, 0.1) is 20.9 Å². The number of rotatable bonds is 5. The standard InChI is InChI=1S/C21H14Cl3NO3/c1-12-3-2-4-14(9-12)19(21(26)13-5-7-15(22)8-6-13)20-17(23)10-16(25(27)28)11-18(20)24/h2-11,19H,1H3. The van der Waals surface area contributed by atoms with Gasteiger partial charge in [-0.15, -0.1) is 0 Å². The van der Waals surface area contributed by atoms with Crippen molar-refractivity contribution in [1.29, 1.82) is 0 Å². The maximum absolute atomic E-state index is 13.4. The first-order valence-electron chi connectivity index (χ1n) is 8.27. The fourth-order valence-corrected chi connectivity index (χ4v) is 3.85. The molecule has 3 rings (SSSR count). The minimum atomic E-state index is -0.818. The molecule has 28 heavy (non-hydrogen) atoms. The molecule has 0 aromatic heterocycles. The third kappa shape index (κ3) is 4.20. The van der Waals surface area contributed by atoms with E-state index >= 15 is 0 Å². The second kappa shape index (κ2) is 8.31. The molecule has 0 aliphatic carbocycles. The van der Waals surface area contributed by atoms with Crippen molar-refractivity contribution in [1.82, 2.24) is 0 Å². The quantitative estimate of drug-likeness (QED) is 0.250. The summed E-state index contributed by atoms with van der Waals surface area (Å²) in [6.45, 7) is 1.91. The Morgan fingerprint density at radius 3 is 2.11 bits per heavy atom. The molecule has 0 heterocycles. The molecule has 0 bridgehead atoms. The van der Waals surface area contributed by atoms with Crippen molar-refractivity contribution in [2.45, 2.75) is 12.8 Å². The molecule has 1 atom stereocenters. The van der Waals surface area contributed by atoms with E-state index in [1.54, 1.807) is 30.3 Å². The van der Waals surface area contributed by atoms with Gasteiger partial charge in [-0.25, -0.2) is 0 Å². The van der Waals surface area contributed by atoms with E-state index in [1.807, 2.05) is 25.1 Å². The molecule has 7 heteroatoms. The van der Waals surface area contributed by atoms with Crippen LogP contribution in [0.15, 0.2) is 60.7 Å². The lowest BCUT2D eigenvalue weighted by atomic mass is 9.84. The molecule has 0 saturated carbocycles. The molecule has 3 aromatic carbocycles. The minimum Gasteiger partial charge on any atom is -0.293 e. The topological polar surface area (TPSA) is 60.2 Å². The number of non-ortho nitro benzene ring substituents is 1. The maximum Gasteiger partial charge on any atom is 0.272 e. The van der Waals surface area contributed by atoms with E-state index in [1.165, 1.54) is 12.1 Å². The molecule has 0 amide bonds. The number of aryl methyl sites for hydroxylation is 1. The molecule has 0 aliphatic rings. The van der Waals surface area contributed by atoms with Crippen molar-refractivity contribution in [3.63, 3.8) is 0 Å². The smallest absolute Gasteiger partial charge is 0.272 e. The summed E-state index contributed by atoms with van der Waals surface area (Å²) in [4.78, 5) is 23.9. The van der Waals surface area contributed by atoms with Crippen molar-refractivity contribution in [3.05, 3.63) is 108 Å². The van der Waals surface area contributed by atoms with E-state index < -0.39 is 10.8 Å². The molecule has 3 aromatic rings. The summed E-state index contributed by atoms with van der Waals surface area (Å²) in [5, 5.41) is 11.7. The lowest BCUT2D eigenvalue weighted by Gasteiger charge is -2.20. The van der Waals surface area contributed by atoms with Gasteiger partial charge in [0.2, 0.25) is 0 Å². The van der Waals surface area contributed by atoms with Crippen LogP contribution in [0.4, 0.5) is 5.69 Å². The second-order valence-corrected chi connectivity index (χ2v) is 7.55. The molecule has 0 saturated heterocycles. The first-order valence-corrected chi connectivity index (χ1v) is 9.41. The SMILES string of the molecule is Cc1cccc(C(C(=O)c2ccc(Cl)cc2)c2c(Cl)cc([N+](=O)[O-])cc2Cl)c1. The predicted octanol–water partition coefficient (Wildman–Crippen LogP) is 6.88. The van der Waals surface area contributed by atoms with E-state index in [4.69, 9.17) is 34.8 Å². The maximum atomic E-state index is 13.4. The predicted molar refractivity (Wildman–Crippen MR) is 112 cm³/mol. The van der Waals surface area contributed by atoms with Gasteiger partial charge in [-0.1, -0.05) is 64.6 Å². The van der Waals surface area contributed by atoms with Gasteiger partial charge in [0.25, 0.3) is 5.69 Å². The summed E-state index contributed by atoms with van der Waals surface area (Å²) >= 11 is 18.6. The fourth-order valence-electron chi connectivity index (χ4n) is 3.03. The summed E-state index contributed by atoms with van der Waals surface area (Å²) < 4.78 is 0. The molecule has 1 unspecified atom stereocenters. The van der Waals surface area contributed by atoms with Crippen LogP contribution in [-0.2, 0) is 0 Å². The number of carbonyl (C=O) groups excluding carboxylic acids is 1. The monoisotopic (exact) mass is 433 g/mol. The van der Waals surface area contributed by atoms with Gasteiger partial charge in [-0.3, -0.25) is 14.9 Å². The van der Waals surface area contributed by atoms with Gasteiger partial charge in [0.15, 0.2) is 5.78 Å². The van der Waals surface area contributed by atoms with Gasteiger partial charge in [0.1, 0.15) is 0 Å². The lowest BCUT2D eigenvalue weighted by molar-refractivity contribution is -0.384. The average molecular weight is 435 g/mol. The van der Waals surface area contributed by atoms with Crippen molar-refractivity contribution >= 4 is 46.3 Å². The largest absolute Gasteiger partial charge is 0.293 e. The highest BCUT2D eigenvalue weighted by molar-refractivity contribution is 6.37. The Morgan fingerprint density at radius 2 is 1.57 bits per heavy atom. The highest BCUT2D eigenvalue weighted by atomic mass is 35.5. The summed E-state index contributed by atoms with van der Waals surface area (Å²) in [5.41, 5.74) is 2.18. The molecule has 0 aliphatic heterocycles. The summed E-state index contributed by atoms with van der Waals surface area (Å²) in [6, 6.07) is 16.3. The van der Waals surface area contributed by atoms with Crippen LogP contribution >= 0.6 is 34.8 Å². The number of Topliss-reactive ketones (excluding diaryl/α,β-unsaturated/α-hetero) is 1. The second-order valence-electron chi connectivity index (χ2n) is 6.30. The molecule has 0 N–H and O–H groups in total.